The lowest BCUT2D eigenvalue weighted by atomic mass is 10.0. The summed E-state index contributed by atoms with van der Waals surface area (Å²) in [6.07, 6.45) is 3.99. The van der Waals surface area contributed by atoms with Gasteiger partial charge in [0.2, 0.25) is 0 Å². The summed E-state index contributed by atoms with van der Waals surface area (Å²) >= 11 is 0. The second-order valence-corrected chi connectivity index (χ2v) is 5.19. The molecule has 112 valence electrons. The van der Waals surface area contributed by atoms with Gasteiger partial charge in [-0.05, 0) is 32.9 Å². The van der Waals surface area contributed by atoms with E-state index in [0.717, 1.165) is 25.8 Å². The molecule has 0 aromatic heterocycles. The Balaban J connectivity index is 1.97. The van der Waals surface area contributed by atoms with E-state index >= 15 is 0 Å². The predicted molar refractivity (Wildman–Crippen MR) is 69.6 cm³/mol. The van der Waals surface area contributed by atoms with Gasteiger partial charge in [-0.3, -0.25) is 0 Å². The fraction of sp³-hybridized carbons (Fsp3) is 0.571. The fourth-order valence-corrected chi connectivity index (χ4v) is 2.60. The van der Waals surface area contributed by atoms with Gasteiger partial charge in [-0.1, -0.05) is 6.42 Å². The normalized spacial score (nSPS) is 20.1. The Morgan fingerprint density at radius 3 is 2.40 bits per heavy atom. The van der Waals surface area contributed by atoms with Gasteiger partial charge in [0, 0.05) is 18.7 Å². The van der Waals surface area contributed by atoms with Crippen LogP contribution in [0.25, 0.3) is 0 Å². The fourth-order valence-electron chi connectivity index (χ4n) is 2.60. The number of halogens is 4. The number of nitrogens with zero attached hydrogens (tertiary/aromatic N) is 1. The van der Waals surface area contributed by atoms with Crippen molar-refractivity contribution in [1.82, 2.24) is 4.90 Å². The molecule has 1 aromatic carbocycles. The molecule has 0 aliphatic carbocycles. The third kappa shape index (κ3) is 3.23. The van der Waals surface area contributed by atoms with Crippen molar-refractivity contribution in [3.8, 4) is 0 Å². The molecular formula is C14H18F4N2. The Bertz CT molecular complexity index is 452. The number of rotatable bonds is 4. The van der Waals surface area contributed by atoms with Crippen molar-refractivity contribution >= 4 is 5.69 Å². The smallest absolute Gasteiger partial charge is 0.185 e. The van der Waals surface area contributed by atoms with Crippen LogP contribution in [0.4, 0.5) is 23.2 Å². The van der Waals surface area contributed by atoms with Crippen molar-refractivity contribution in [3.63, 3.8) is 0 Å². The molecule has 2 rings (SSSR count). The molecule has 1 aliphatic heterocycles. The molecule has 0 amide bonds. The van der Waals surface area contributed by atoms with E-state index in [1.807, 2.05) is 7.05 Å². The summed E-state index contributed by atoms with van der Waals surface area (Å²) in [5, 5.41) is 2.47. The Labute approximate surface area is 115 Å². The van der Waals surface area contributed by atoms with E-state index in [1.165, 1.54) is 0 Å². The summed E-state index contributed by atoms with van der Waals surface area (Å²) in [6.45, 7) is 1.27. The lowest BCUT2D eigenvalue weighted by Crippen LogP contribution is -2.37. The summed E-state index contributed by atoms with van der Waals surface area (Å²) in [5.41, 5.74) is -0.721. The van der Waals surface area contributed by atoms with Crippen molar-refractivity contribution in [2.75, 3.05) is 25.5 Å². The van der Waals surface area contributed by atoms with Gasteiger partial charge in [-0.2, -0.15) is 0 Å². The Hall–Kier alpha value is -1.30. The van der Waals surface area contributed by atoms with Gasteiger partial charge < -0.3 is 10.2 Å². The zero-order valence-corrected chi connectivity index (χ0v) is 11.4. The molecule has 1 heterocycles. The summed E-state index contributed by atoms with van der Waals surface area (Å²) in [6, 6.07) is 0.547. The lowest BCUT2D eigenvalue weighted by Gasteiger charge is -2.32. The predicted octanol–water partition coefficient (Wildman–Crippen LogP) is 3.53. The molecule has 0 spiro atoms. The van der Waals surface area contributed by atoms with Crippen LogP contribution >= 0.6 is 0 Å². The number of likely N-dealkylation sites (tertiary alicyclic amines) is 1. The second kappa shape index (κ2) is 6.43. The quantitative estimate of drug-likeness (QED) is 0.674. The minimum atomic E-state index is -1.39. The topological polar surface area (TPSA) is 15.3 Å². The van der Waals surface area contributed by atoms with Crippen molar-refractivity contribution in [2.24, 2.45) is 0 Å². The maximum absolute atomic E-state index is 13.4. The molecule has 6 heteroatoms. The summed E-state index contributed by atoms with van der Waals surface area (Å²) in [4.78, 5) is 2.20. The molecule has 1 N–H and O–H groups in total. The number of nitrogens with one attached hydrogen (secondary N) is 1. The highest BCUT2D eigenvalue weighted by molar-refractivity contribution is 5.47. The van der Waals surface area contributed by atoms with Gasteiger partial charge in [-0.25, -0.2) is 17.6 Å². The molecule has 1 atom stereocenters. The zero-order chi connectivity index (χ0) is 14.7. The largest absolute Gasteiger partial charge is 0.380 e. The van der Waals surface area contributed by atoms with Crippen LogP contribution in [0.1, 0.15) is 25.7 Å². The molecule has 1 unspecified atom stereocenters. The molecular weight excluding hydrogens is 272 g/mol. The van der Waals surface area contributed by atoms with Gasteiger partial charge in [0.15, 0.2) is 23.3 Å². The van der Waals surface area contributed by atoms with Gasteiger partial charge in [0.1, 0.15) is 5.69 Å². The van der Waals surface area contributed by atoms with E-state index in [1.54, 1.807) is 0 Å². The molecule has 2 nitrogen and oxygen atoms in total. The Morgan fingerprint density at radius 1 is 1.15 bits per heavy atom. The molecule has 1 fully saturated rings. The zero-order valence-electron chi connectivity index (χ0n) is 11.4. The molecule has 1 aliphatic rings. The van der Waals surface area contributed by atoms with Crippen LogP contribution < -0.4 is 5.32 Å². The van der Waals surface area contributed by atoms with Gasteiger partial charge in [0.05, 0.1) is 0 Å². The van der Waals surface area contributed by atoms with Crippen LogP contribution in [0.2, 0.25) is 0 Å². The summed E-state index contributed by atoms with van der Waals surface area (Å²) in [5.74, 6) is -5.52. The van der Waals surface area contributed by atoms with Gasteiger partial charge in [0.25, 0.3) is 0 Å². The van der Waals surface area contributed by atoms with Gasteiger partial charge in [-0.15, -0.1) is 0 Å². The van der Waals surface area contributed by atoms with E-state index in [4.69, 9.17) is 0 Å². The number of hydrogen-bond acceptors (Lipinski definition) is 2. The van der Waals surface area contributed by atoms with E-state index in [2.05, 4.69) is 10.2 Å². The van der Waals surface area contributed by atoms with Crippen molar-refractivity contribution in [3.05, 3.63) is 29.3 Å². The molecule has 20 heavy (non-hydrogen) atoms. The minimum absolute atomic E-state index is 0.213. The number of anilines is 1. The van der Waals surface area contributed by atoms with Crippen LogP contribution in [0.15, 0.2) is 6.07 Å². The average molecular weight is 290 g/mol. The van der Waals surface area contributed by atoms with E-state index in [0.29, 0.717) is 12.5 Å². The monoisotopic (exact) mass is 290 g/mol. The van der Waals surface area contributed by atoms with Crippen LogP contribution in [0.3, 0.4) is 0 Å². The lowest BCUT2D eigenvalue weighted by molar-refractivity contribution is 0.179. The standard InChI is InChI=1S/C14H18F4N2/c1-20-7-3-2-4-9(20)5-6-19-14-12(17)10(15)8-11(16)13(14)18/h8-9,19H,2-7H2,1H3. The molecule has 1 saturated heterocycles. The average Bonchev–Trinajstić information content (AvgIpc) is 2.42. The number of hydrogen-bond donors (Lipinski definition) is 1. The van der Waals surface area contributed by atoms with Crippen LogP contribution in [-0.4, -0.2) is 31.1 Å². The van der Waals surface area contributed by atoms with Crippen LogP contribution in [0.5, 0.6) is 0 Å². The third-order valence-corrected chi connectivity index (χ3v) is 3.81. The molecule has 0 saturated carbocycles. The molecule has 1 aromatic rings. The first kappa shape index (κ1) is 15.1. The first-order valence-corrected chi connectivity index (χ1v) is 6.77. The van der Waals surface area contributed by atoms with Crippen LogP contribution in [-0.2, 0) is 0 Å². The first-order valence-electron chi connectivity index (χ1n) is 6.77. The first-order chi connectivity index (χ1) is 9.50. The molecule has 0 bridgehead atoms. The Kier molecular flexibility index (Phi) is 4.86. The maximum atomic E-state index is 13.4. The number of benzene rings is 1. The third-order valence-electron chi connectivity index (χ3n) is 3.81. The highest BCUT2D eigenvalue weighted by Crippen LogP contribution is 2.24. The highest BCUT2D eigenvalue weighted by atomic mass is 19.2. The SMILES string of the molecule is CN1CCCCC1CCNc1c(F)c(F)cc(F)c1F. The van der Waals surface area contributed by atoms with Crippen molar-refractivity contribution < 1.29 is 17.6 Å². The molecule has 0 radical (unpaired) electrons. The van der Waals surface area contributed by atoms with E-state index < -0.39 is 29.0 Å². The highest BCUT2D eigenvalue weighted by Gasteiger charge is 2.21. The van der Waals surface area contributed by atoms with Gasteiger partial charge >= 0.3 is 0 Å². The van der Waals surface area contributed by atoms with E-state index in [-0.39, 0.29) is 12.6 Å². The van der Waals surface area contributed by atoms with Crippen LogP contribution in [0, 0.1) is 23.3 Å². The van der Waals surface area contributed by atoms with E-state index in [9.17, 15) is 17.6 Å². The summed E-state index contributed by atoms with van der Waals surface area (Å²) < 4.78 is 52.9. The Morgan fingerprint density at radius 2 is 1.80 bits per heavy atom. The van der Waals surface area contributed by atoms with Crippen molar-refractivity contribution in [1.29, 1.82) is 0 Å². The second-order valence-electron chi connectivity index (χ2n) is 5.19. The summed E-state index contributed by atoms with van der Waals surface area (Å²) in [7, 11) is 2.01. The minimum Gasteiger partial charge on any atom is -0.380 e. The maximum Gasteiger partial charge on any atom is 0.185 e. The number of piperidine rings is 1. The van der Waals surface area contributed by atoms with Crippen molar-refractivity contribution in [2.45, 2.75) is 31.7 Å².